The van der Waals surface area contributed by atoms with Gasteiger partial charge < -0.3 is 4.74 Å². The van der Waals surface area contributed by atoms with Gasteiger partial charge >= 0.3 is 0 Å². The van der Waals surface area contributed by atoms with Crippen LogP contribution in [0.25, 0.3) is 11.0 Å². The third-order valence-electron chi connectivity index (χ3n) is 4.13. The standard InChI is InChI=1S/C17H19N3O2S/c1-20(10-12-4-6-14-15(9-12)19-22-18-14)11-13-5-7-17(23-13)16-3-2-8-21-16/h4-7,9,16H,2-3,8,10-11H2,1H3/t16-/m0/s1. The minimum Gasteiger partial charge on any atom is -0.373 e. The van der Waals surface area contributed by atoms with Crippen molar-refractivity contribution in [3.63, 3.8) is 0 Å². The molecular weight excluding hydrogens is 310 g/mol. The second-order valence-corrected chi connectivity index (χ2v) is 7.27. The Labute approximate surface area is 138 Å². The Balaban J connectivity index is 1.40. The Morgan fingerprint density at radius 3 is 2.96 bits per heavy atom. The quantitative estimate of drug-likeness (QED) is 0.713. The summed E-state index contributed by atoms with van der Waals surface area (Å²) in [5.41, 5.74) is 2.83. The van der Waals surface area contributed by atoms with E-state index in [9.17, 15) is 0 Å². The zero-order valence-corrected chi connectivity index (χ0v) is 13.9. The van der Waals surface area contributed by atoms with E-state index in [1.54, 1.807) is 0 Å². The lowest BCUT2D eigenvalue weighted by Crippen LogP contribution is -2.16. The van der Waals surface area contributed by atoms with E-state index in [4.69, 9.17) is 9.37 Å². The molecule has 1 aliphatic heterocycles. The molecule has 0 radical (unpaired) electrons. The molecule has 1 aromatic carbocycles. The van der Waals surface area contributed by atoms with Crippen molar-refractivity contribution in [3.8, 4) is 0 Å². The summed E-state index contributed by atoms with van der Waals surface area (Å²) in [6.07, 6.45) is 2.65. The topological polar surface area (TPSA) is 51.4 Å². The Kier molecular flexibility index (Phi) is 4.11. The van der Waals surface area contributed by atoms with E-state index < -0.39 is 0 Å². The molecule has 1 saturated heterocycles. The molecule has 0 unspecified atom stereocenters. The lowest BCUT2D eigenvalue weighted by Gasteiger charge is -2.15. The van der Waals surface area contributed by atoms with Gasteiger partial charge in [0.2, 0.25) is 0 Å². The first-order chi connectivity index (χ1) is 11.3. The Morgan fingerprint density at radius 2 is 2.09 bits per heavy atom. The molecule has 0 spiro atoms. The summed E-state index contributed by atoms with van der Waals surface area (Å²) in [5.74, 6) is 0. The minimum atomic E-state index is 0.320. The van der Waals surface area contributed by atoms with Gasteiger partial charge in [0.15, 0.2) is 0 Å². The van der Waals surface area contributed by atoms with Gasteiger partial charge in [-0.1, -0.05) is 6.07 Å². The smallest absolute Gasteiger partial charge is 0.135 e. The summed E-state index contributed by atoms with van der Waals surface area (Å²) >= 11 is 1.87. The van der Waals surface area contributed by atoms with Crippen molar-refractivity contribution in [1.82, 2.24) is 15.2 Å². The van der Waals surface area contributed by atoms with Crippen LogP contribution in [-0.4, -0.2) is 28.9 Å². The van der Waals surface area contributed by atoms with Gasteiger partial charge in [0, 0.05) is 29.5 Å². The summed E-state index contributed by atoms with van der Waals surface area (Å²) in [6, 6.07) is 10.5. The molecule has 0 saturated carbocycles. The Morgan fingerprint density at radius 1 is 1.17 bits per heavy atom. The molecule has 1 aliphatic rings. The van der Waals surface area contributed by atoms with Gasteiger partial charge in [0.05, 0.1) is 6.10 Å². The van der Waals surface area contributed by atoms with Crippen molar-refractivity contribution in [2.45, 2.75) is 32.0 Å². The Bertz CT molecular complexity index is 792. The van der Waals surface area contributed by atoms with Gasteiger partial charge in [0.1, 0.15) is 11.0 Å². The summed E-state index contributed by atoms with van der Waals surface area (Å²) < 4.78 is 10.5. The number of benzene rings is 1. The summed E-state index contributed by atoms with van der Waals surface area (Å²) in [5, 5.41) is 7.74. The Hall–Kier alpha value is -1.76. The summed E-state index contributed by atoms with van der Waals surface area (Å²) in [7, 11) is 2.14. The molecule has 1 atom stereocenters. The maximum atomic E-state index is 5.76. The molecule has 3 heterocycles. The van der Waals surface area contributed by atoms with Gasteiger partial charge in [-0.05, 0) is 60.0 Å². The van der Waals surface area contributed by atoms with Crippen molar-refractivity contribution in [2.24, 2.45) is 0 Å². The summed E-state index contributed by atoms with van der Waals surface area (Å²) in [4.78, 5) is 5.04. The number of thiophene rings is 1. The second kappa shape index (κ2) is 6.39. The number of aromatic nitrogens is 2. The zero-order chi connectivity index (χ0) is 15.6. The van der Waals surface area contributed by atoms with Crippen molar-refractivity contribution in [2.75, 3.05) is 13.7 Å². The van der Waals surface area contributed by atoms with Gasteiger partial charge in [-0.25, -0.2) is 4.63 Å². The molecule has 1 fully saturated rings. The highest BCUT2D eigenvalue weighted by Crippen LogP contribution is 2.33. The predicted molar refractivity (Wildman–Crippen MR) is 89.2 cm³/mol. The molecule has 120 valence electrons. The van der Waals surface area contributed by atoms with Gasteiger partial charge in [-0.2, -0.15) is 0 Å². The first-order valence-electron chi connectivity index (χ1n) is 7.88. The van der Waals surface area contributed by atoms with Crippen LogP contribution >= 0.6 is 11.3 Å². The van der Waals surface area contributed by atoms with Crippen LogP contribution in [0.15, 0.2) is 35.0 Å². The van der Waals surface area contributed by atoms with Crippen LogP contribution in [0.2, 0.25) is 0 Å². The number of ether oxygens (including phenoxy) is 1. The molecule has 3 aromatic rings. The summed E-state index contributed by atoms with van der Waals surface area (Å²) in [6.45, 7) is 2.71. The van der Waals surface area contributed by atoms with Gasteiger partial charge in [0.25, 0.3) is 0 Å². The van der Waals surface area contributed by atoms with Crippen LogP contribution in [0.1, 0.15) is 34.3 Å². The zero-order valence-electron chi connectivity index (χ0n) is 13.1. The third-order valence-corrected chi connectivity index (χ3v) is 5.29. The monoisotopic (exact) mass is 329 g/mol. The highest BCUT2D eigenvalue weighted by molar-refractivity contribution is 7.12. The van der Waals surface area contributed by atoms with E-state index in [1.807, 2.05) is 23.5 Å². The molecule has 6 heteroatoms. The normalized spacial score (nSPS) is 18.3. The first kappa shape index (κ1) is 14.8. The van der Waals surface area contributed by atoms with Crippen LogP contribution in [0.3, 0.4) is 0 Å². The fourth-order valence-electron chi connectivity index (χ4n) is 3.01. The van der Waals surface area contributed by atoms with Crippen molar-refractivity contribution >= 4 is 22.4 Å². The lowest BCUT2D eigenvalue weighted by atomic mass is 10.2. The number of rotatable bonds is 5. The molecular formula is C17H19N3O2S. The third kappa shape index (κ3) is 3.29. The lowest BCUT2D eigenvalue weighted by molar-refractivity contribution is 0.114. The molecule has 0 amide bonds. The molecule has 4 rings (SSSR count). The van der Waals surface area contributed by atoms with Gasteiger partial charge in [-0.15, -0.1) is 11.3 Å². The van der Waals surface area contributed by atoms with E-state index in [0.29, 0.717) is 6.10 Å². The average Bonchev–Trinajstić information content (AvgIpc) is 3.27. The van der Waals surface area contributed by atoms with Crippen molar-refractivity contribution in [1.29, 1.82) is 0 Å². The van der Waals surface area contributed by atoms with Crippen molar-refractivity contribution in [3.05, 3.63) is 45.6 Å². The fraction of sp³-hybridized carbons (Fsp3) is 0.412. The molecule has 0 aliphatic carbocycles. The predicted octanol–water partition coefficient (Wildman–Crippen LogP) is 3.77. The van der Waals surface area contributed by atoms with E-state index in [0.717, 1.165) is 37.2 Å². The van der Waals surface area contributed by atoms with Crippen LogP contribution < -0.4 is 0 Å². The molecule has 2 aromatic heterocycles. The number of fused-ring (bicyclic) bond motifs is 1. The van der Waals surface area contributed by atoms with Crippen LogP contribution in [-0.2, 0) is 17.8 Å². The molecule has 5 nitrogen and oxygen atoms in total. The van der Waals surface area contributed by atoms with E-state index in [-0.39, 0.29) is 0 Å². The largest absolute Gasteiger partial charge is 0.373 e. The highest BCUT2D eigenvalue weighted by atomic mass is 32.1. The van der Waals surface area contributed by atoms with Gasteiger partial charge in [-0.3, -0.25) is 4.90 Å². The SMILES string of the molecule is CN(Cc1ccc2nonc2c1)Cc1ccc([C@@H]2CCCO2)s1. The highest BCUT2D eigenvalue weighted by Gasteiger charge is 2.19. The minimum absolute atomic E-state index is 0.320. The maximum Gasteiger partial charge on any atom is 0.135 e. The van der Waals surface area contributed by atoms with Crippen LogP contribution in [0.5, 0.6) is 0 Å². The second-order valence-electron chi connectivity index (χ2n) is 6.07. The number of nitrogens with zero attached hydrogens (tertiary/aromatic N) is 3. The van der Waals surface area contributed by atoms with Crippen molar-refractivity contribution < 1.29 is 9.37 Å². The number of hydrogen-bond donors (Lipinski definition) is 0. The maximum absolute atomic E-state index is 5.76. The van der Waals surface area contributed by atoms with Crippen LogP contribution in [0.4, 0.5) is 0 Å². The van der Waals surface area contributed by atoms with Crippen LogP contribution in [0, 0.1) is 0 Å². The molecule has 0 N–H and O–H groups in total. The average molecular weight is 329 g/mol. The molecule has 23 heavy (non-hydrogen) atoms. The first-order valence-corrected chi connectivity index (χ1v) is 8.69. The molecule has 0 bridgehead atoms. The van der Waals surface area contributed by atoms with E-state index in [2.05, 4.69) is 40.5 Å². The van der Waals surface area contributed by atoms with E-state index >= 15 is 0 Å². The fourth-order valence-corrected chi connectivity index (χ4v) is 4.19. The number of hydrogen-bond acceptors (Lipinski definition) is 6. The van der Waals surface area contributed by atoms with E-state index in [1.165, 1.54) is 21.7 Å².